The first-order chi connectivity index (χ1) is 11.0. The highest BCUT2D eigenvalue weighted by Gasteiger charge is 2.37. The van der Waals surface area contributed by atoms with Crippen LogP contribution < -0.4 is 15.8 Å². The van der Waals surface area contributed by atoms with E-state index >= 15 is 0 Å². The summed E-state index contributed by atoms with van der Waals surface area (Å²) in [6, 6.07) is 6.09. The van der Waals surface area contributed by atoms with E-state index in [0.717, 1.165) is 24.2 Å². The molecule has 1 aliphatic rings. The van der Waals surface area contributed by atoms with E-state index in [2.05, 4.69) is 18.3 Å². The van der Waals surface area contributed by atoms with Gasteiger partial charge in [0, 0.05) is 43.2 Å². The van der Waals surface area contributed by atoms with Crippen molar-refractivity contribution in [2.24, 2.45) is 5.73 Å². The van der Waals surface area contributed by atoms with Gasteiger partial charge in [0.1, 0.15) is 5.75 Å². The fourth-order valence-corrected chi connectivity index (χ4v) is 3.17. The molecule has 1 heterocycles. The summed E-state index contributed by atoms with van der Waals surface area (Å²) in [6.45, 7) is 5.89. The Balaban J connectivity index is 2.25. The fourth-order valence-electron chi connectivity index (χ4n) is 3.17. The van der Waals surface area contributed by atoms with Crippen LogP contribution in [0.25, 0.3) is 0 Å². The summed E-state index contributed by atoms with van der Waals surface area (Å²) in [5, 5.41) is 3.06. The van der Waals surface area contributed by atoms with Crippen molar-refractivity contribution < 1.29 is 14.3 Å². The molecule has 3 N–H and O–H groups in total. The SMILES string of the molecule is COc1ccc(C)cc1C1(CNC(=O)CC(C)N)CCOCC1. The van der Waals surface area contributed by atoms with Crippen molar-refractivity contribution in [1.29, 1.82) is 0 Å². The van der Waals surface area contributed by atoms with Gasteiger partial charge in [0.15, 0.2) is 0 Å². The molecule has 0 aliphatic carbocycles. The summed E-state index contributed by atoms with van der Waals surface area (Å²) in [6.07, 6.45) is 2.08. The third-order valence-corrected chi connectivity index (χ3v) is 4.51. The second kappa shape index (κ2) is 7.79. The predicted octanol–water partition coefficient (Wildman–Crippen LogP) is 1.91. The first-order valence-electron chi connectivity index (χ1n) is 8.22. The Kier molecular flexibility index (Phi) is 6.02. The monoisotopic (exact) mass is 320 g/mol. The summed E-state index contributed by atoms with van der Waals surface area (Å²) < 4.78 is 11.1. The number of methoxy groups -OCH3 is 1. The van der Waals surface area contributed by atoms with Gasteiger partial charge < -0.3 is 20.5 Å². The van der Waals surface area contributed by atoms with Crippen molar-refractivity contribution in [3.8, 4) is 5.75 Å². The number of nitrogens with one attached hydrogen (secondary N) is 1. The Morgan fingerprint density at radius 1 is 1.43 bits per heavy atom. The number of amides is 1. The van der Waals surface area contributed by atoms with E-state index in [1.165, 1.54) is 5.56 Å². The van der Waals surface area contributed by atoms with Crippen LogP contribution in [0.15, 0.2) is 18.2 Å². The summed E-state index contributed by atoms with van der Waals surface area (Å²) in [4.78, 5) is 12.0. The standard InChI is InChI=1S/C18H28N2O3/c1-13-4-5-16(22-3)15(10-13)18(6-8-23-9-7-18)12-20-17(21)11-14(2)19/h4-5,10,14H,6-9,11-12,19H2,1-3H3,(H,20,21). The van der Waals surface area contributed by atoms with Crippen LogP contribution in [0.3, 0.4) is 0 Å². The molecule has 1 unspecified atom stereocenters. The first-order valence-corrected chi connectivity index (χ1v) is 8.22. The average molecular weight is 320 g/mol. The summed E-state index contributed by atoms with van der Waals surface area (Å²) in [5.41, 5.74) is 7.91. The second-order valence-electron chi connectivity index (χ2n) is 6.55. The zero-order valence-electron chi connectivity index (χ0n) is 14.4. The van der Waals surface area contributed by atoms with Gasteiger partial charge >= 0.3 is 0 Å². The number of carbonyl (C=O) groups excluding carboxylic acids is 1. The first kappa shape index (κ1) is 17.8. The van der Waals surface area contributed by atoms with E-state index < -0.39 is 0 Å². The van der Waals surface area contributed by atoms with Crippen LogP contribution in [0.1, 0.15) is 37.3 Å². The topological polar surface area (TPSA) is 73.6 Å². The number of benzene rings is 1. The Labute approximate surface area is 138 Å². The van der Waals surface area contributed by atoms with Gasteiger partial charge in [-0.1, -0.05) is 17.7 Å². The minimum atomic E-state index is -0.150. The number of hydrogen-bond donors (Lipinski definition) is 2. The number of rotatable bonds is 6. The number of carbonyl (C=O) groups is 1. The van der Waals surface area contributed by atoms with Gasteiger partial charge in [0.05, 0.1) is 7.11 Å². The van der Waals surface area contributed by atoms with Crippen molar-refractivity contribution in [2.45, 2.75) is 44.6 Å². The molecule has 0 bridgehead atoms. The van der Waals surface area contributed by atoms with Crippen molar-refractivity contribution in [1.82, 2.24) is 5.32 Å². The molecule has 2 rings (SSSR count). The molecule has 1 aromatic rings. The third kappa shape index (κ3) is 4.45. The maximum Gasteiger partial charge on any atom is 0.221 e. The molecule has 1 aliphatic heterocycles. The minimum Gasteiger partial charge on any atom is -0.496 e. The molecule has 1 saturated heterocycles. The fraction of sp³-hybridized carbons (Fsp3) is 0.611. The van der Waals surface area contributed by atoms with E-state index in [1.54, 1.807) is 7.11 Å². The normalized spacial score (nSPS) is 18.3. The lowest BCUT2D eigenvalue weighted by Crippen LogP contribution is -2.45. The molecule has 0 radical (unpaired) electrons. The quantitative estimate of drug-likeness (QED) is 0.840. The van der Waals surface area contributed by atoms with E-state index in [4.69, 9.17) is 15.2 Å². The highest BCUT2D eigenvalue weighted by Crippen LogP contribution is 2.40. The van der Waals surface area contributed by atoms with Gasteiger partial charge in [0.2, 0.25) is 5.91 Å². The smallest absolute Gasteiger partial charge is 0.221 e. The summed E-state index contributed by atoms with van der Waals surface area (Å²) >= 11 is 0. The molecule has 1 amide bonds. The number of aryl methyl sites for hydroxylation is 1. The molecular weight excluding hydrogens is 292 g/mol. The van der Waals surface area contributed by atoms with Crippen LogP contribution in [-0.4, -0.2) is 38.8 Å². The van der Waals surface area contributed by atoms with Gasteiger partial charge in [-0.3, -0.25) is 4.79 Å². The molecular formula is C18H28N2O3. The zero-order valence-corrected chi connectivity index (χ0v) is 14.4. The lowest BCUT2D eigenvalue weighted by atomic mass is 9.73. The second-order valence-corrected chi connectivity index (χ2v) is 6.55. The van der Waals surface area contributed by atoms with Gasteiger partial charge in [-0.2, -0.15) is 0 Å². The highest BCUT2D eigenvalue weighted by molar-refractivity contribution is 5.76. The molecule has 128 valence electrons. The molecule has 0 aromatic heterocycles. The van der Waals surface area contributed by atoms with Crippen LogP contribution in [0.5, 0.6) is 5.75 Å². The van der Waals surface area contributed by atoms with Crippen LogP contribution in [0.2, 0.25) is 0 Å². The average Bonchev–Trinajstić information content (AvgIpc) is 2.53. The zero-order chi connectivity index (χ0) is 16.9. The van der Waals surface area contributed by atoms with Crippen molar-refractivity contribution in [2.75, 3.05) is 26.9 Å². The molecule has 23 heavy (non-hydrogen) atoms. The molecule has 5 nitrogen and oxygen atoms in total. The maximum absolute atomic E-state index is 12.0. The Hall–Kier alpha value is -1.59. The number of hydrogen-bond acceptors (Lipinski definition) is 4. The Morgan fingerprint density at radius 2 is 2.13 bits per heavy atom. The molecule has 1 aromatic carbocycles. The Morgan fingerprint density at radius 3 is 2.74 bits per heavy atom. The highest BCUT2D eigenvalue weighted by atomic mass is 16.5. The third-order valence-electron chi connectivity index (χ3n) is 4.51. The van der Waals surface area contributed by atoms with Crippen LogP contribution in [0, 0.1) is 6.92 Å². The number of nitrogens with two attached hydrogens (primary N) is 1. The van der Waals surface area contributed by atoms with Gasteiger partial charge in [0.25, 0.3) is 0 Å². The molecule has 5 heteroatoms. The van der Waals surface area contributed by atoms with E-state index in [0.29, 0.717) is 26.2 Å². The van der Waals surface area contributed by atoms with E-state index in [9.17, 15) is 4.79 Å². The minimum absolute atomic E-state index is 0.00233. The van der Waals surface area contributed by atoms with Crippen molar-refractivity contribution in [3.05, 3.63) is 29.3 Å². The van der Waals surface area contributed by atoms with Crippen molar-refractivity contribution in [3.63, 3.8) is 0 Å². The lowest BCUT2D eigenvalue weighted by molar-refractivity contribution is -0.121. The summed E-state index contributed by atoms with van der Waals surface area (Å²) in [5.74, 6) is 0.872. The van der Waals surface area contributed by atoms with Gasteiger partial charge in [-0.15, -0.1) is 0 Å². The summed E-state index contributed by atoms with van der Waals surface area (Å²) in [7, 11) is 1.69. The lowest BCUT2D eigenvalue weighted by Gasteiger charge is -2.39. The van der Waals surface area contributed by atoms with Crippen LogP contribution >= 0.6 is 0 Å². The Bertz CT molecular complexity index is 537. The molecule has 1 fully saturated rings. The molecule has 1 atom stereocenters. The van der Waals surface area contributed by atoms with E-state index in [1.807, 2.05) is 19.1 Å². The van der Waals surface area contributed by atoms with Crippen LogP contribution in [0.4, 0.5) is 0 Å². The molecule has 0 spiro atoms. The largest absolute Gasteiger partial charge is 0.496 e. The maximum atomic E-state index is 12.0. The van der Waals surface area contributed by atoms with Gasteiger partial charge in [-0.05, 0) is 32.8 Å². The van der Waals surface area contributed by atoms with Gasteiger partial charge in [-0.25, -0.2) is 0 Å². The predicted molar refractivity (Wildman–Crippen MR) is 90.7 cm³/mol. The van der Waals surface area contributed by atoms with Crippen molar-refractivity contribution >= 4 is 5.91 Å². The van der Waals surface area contributed by atoms with E-state index in [-0.39, 0.29) is 17.4 Å². The number of ether oxygens (including phenoxy) is 2. The molecule has 0 saturated carbocycles. The van der Waals surface area contributed by atoms with Crippen LogP contribution in [-0.2, 0) is 14.9 Å².